The predicted molar refractivity (Wildman–Crippen MR) is 46.1 cm³/mol. The van der Waals surface area contributed by atoms with Gasteiger partial charge in [0.25, 0.3) is 5.97 Å². The van der Waals surface area contributed by atoms with Gasteiger partial charge >= 0.3 is 0 Å². The highest BCUT2D eigenvalue weighted by molar-refractivity contribution is 7.81. The number of carboxylic acid groups (broad SMARTS) is 1. The summed E-state index contributed by atoms with van der Waals surface area (Å²) >= 11 is 4.26. The van der Waals surface area contributed by atoms with Gasteiger partial charge in [-0.3, -0.25) is 4.79 Å². The fourth-order valence-corrected chi connectivity index (χ4v) is 0.912. The molecule has 0 aromatic heterocycles. The first-order chi connectivity index (χ1) is 5.04. The van der Waals surface area contributed by atoms with E-state index in [0.29, 0.717) is 11.4 Å². The van der Waals surface area contributed by atoms with E-state index in [2.05, 4.69) is 19.6 Å². The van der Waals surface area contributed by atoms with E-state index in [4.69, 9.17) is 14.6 Å². The van der Waals surface area contributed by atoms with Crippen LogP contribution in [0.3, 0.4) is 0 Å². The molecular weight excluding hydrogens is 164 g/mol. The van der Waals surface area contributed by atoms with Crippen LogP contribution >= 0.6 is 12.6 Å². The Morgan fingerprint density at radius 3 is 2.27 bits per heavy atom. The highest BCUT2D eigenvalue weighted by Gasteiger charge is 2.19. The summed E-state index contributed by atoms with van der Waals surface area (Å²) in [5.41, 5.74) is 0. The fourth-order valence-electron chi connectivity index (χ4n) is 0.720. The van der Waals surface area contributed by atoms with Gasteiger partial charge in [-0.1, -0.05) is 0 Å². The molecule has 2 atom stereocenters. The minimum atomic E-state index is -0.833. The van der Waals surface area contributed by atoms with E-state index in [-0.39, 0.29) is 0 Å². The molecule has 1 rings (SSSR count). The van der Waals surface area contributed by atoms with Gasteiger partial charge in [-0.15, -0.1) is 0 Å². The van der Waals surface area contributed by atoms with Crippen LogP contribution in [0, 0.1) is 0 Å². The molecule has 1 saturated heterocycles. The van der Waals surface area contributed by atoms with E-state index >= 15 is 0 Å². The van der Waals surface area contributed by atoms with Gasteiger partial charge in [0.2, 0.25) is 0 Å². The Hall–Kier alpha value is -0.220. The third kappa shape index (κ3) is 6.19. The van der Waals surface area contributed by atoms with Crippen LogP contribution in [-0.2, 0) is 9.53 Å². The van der Waals surface area contributed by atoms with Gasteiger partial charge in [-0.05, 0) is 13.3 Å². The highest BCUT2D eigenvalue weighted by Crippen LogP contribution is 2.17. The van der Waals surface area contributed by atoms with Gasteiger partial charge in [0.1, 0.15) is 0 Å². The van der Waals surface area contributed by atoms with Crippen LogP contribution in [0.15, 0.2) is 0 Å². The molecule has 0 spiro atoms. The van der Waals surface area contributed by atoms with E-state index in [1.54, 1.807) is 0 Å². The lowest BCUT2D eigenvalue weighted by molar-refractivity contribution is -0.134. The van der Waals surface area contributed by atoms with Gasteiger partial charge in [0.15, 0.2) is 0 Å². The monoisotopic (exact) mass is 178 g/mol. The highest BCUT2D eigenvalue weighted by atomic mass is 32.1. The summed E-state index contributed by atoms with van der Waals surface area (Å²) in [7, 11) is 0. The Morgan fingerprint density at radius 2 is 2.18 bits per heavy atom. The minimum absolute atomic E-state index is 0.378. The molecule has 1 fully saturated rings. The minimum Gasteiger partial charge on any atom is -0.481 e. The second-order valence-corrected chi connectivity index (χ2v) is 3.11. The van der Waals surface area contributed by atoms with Crippen LogP contribution in [0.4, 0.5) is 0 Å². The first-order valence-electron chi connectivity index (χ1n) is 3.53. The molecule has 1 aliphatic heterocycles. The third-order valence-corrected chi connectivity index (χ3v) is 2.01. The molecule has 3 nitrogen and oxygen atoms in total. The van der Waals surface area contributed by atoms with Crippen LogP contribution in [0.5, 0.6) is 0 Å². The Morgan fingerprint density at radius 1 is 1.73 bits per heavy atom. The number of carboxylic acids is 1. The second kappa shape index (κ2) is 5.43. The van der Waals surface area contributed by atoms with Crippen molar-refractivity contribution in [3.05, 3.63) is 0 Å². The van der Waals surface area contributed by atoms with Crippen LogP contribution in [0.25, 0.3) is 0 Å². The molecule has 0 radical (unpaired) electrons. The number of ether oxygens (including phenoxy) is 1. The first-order valence-corrected chi connectivity index (χ1v) is 4.05. The molecule has 0 saturated carbocycles. The standard InChI is InChI=1S/C5H10OS.C2H4O2/c1-4-5(7)2-3-6-4;1-2(3)4/h4-5,7H,2-3H2,1H3;1H3,(H,3,4)/t4-,5-;/m0./s1. The van der Waals surface area contributed by atoms with Crippen molar-refractivity contribution in [3.63, 3.8) is 0 Å². The van der Waals surface area contributed by atoms with Gasteiger partial charge in [-0.2, -0.15) is 12.6 Å². The van der Waals surface area contributed by atoms with E-state index in [1.807, 2.05) is 0 Å². The normalized spacial score (nSPS) is 29.0. The lowest BCUT2D eigenvalue weighted by Gasteiger charge is -2.03. The zero-order valence-corrected chi connectivity index (χ0v) is 7.67. The van der Waals surface area contributed by atoms with Crippen LogP contribution in [-0.4, -0.2) is 29.0 Å². The largest absolute Gasteiger partial charge is 0.481 e. The number of carbonyl (C=O) groups is 1. The van der Waals surface area contributed by atoms with Crippen LogP contribution in [0.2, 0.25) is 0 Å². The van der Waals surface area contributed by atoms with E-state index in [1.165, 1.54) is 0 Å². The van der Waals surface area contributed by atoms with Crippen molar-refractivity contribution in [1.29, 1.82) is 0 Å². The van der Waals surface area contributed by atoms with Crippen LogP contribution < -0.4 is 0 Å². The summed E-state index contributed by atoms with van der Waals surface area (Å²) in [5.74, 6) is -0.833. The van der Waals surface area contributed by atoms with Gasteiger partial charge < -0.3 is 9.84 Å². The van der Waals surface area contributed by atoms with Gasteiger partial charge in [-0.25, -0.2) is 0 Å². The van der Waals surface area contributed by atoms with Crippen molar-refractivity contribution in [1.82, 2.24) is 0 Å². The molecule has 4 heteroatoms. The number of rotatable bonds is 0. The van der Waals surface area contributed by atoms with Crippen molar-refractivity contribution in [3.8, 4) is 0 Å². The maximum absolute atomic E-state index is 9.00. The molecule has 66 valence electrons. The summed E-state index contributed by atoms with van der Waals surface area (Å²) in [6, 6.07) is 0. The maximum Gasteiger partial charge on any atom is 0.300 e. The van der Waals surface area contributed by atoms with E-state index < -0.39 is 5.97 Å². The van der Waals surface area contributed by atoms with Crippen molar-refractivity contribution in [2.45, 2.75) is 31.6 Å². The molecule has 0 bridgehead atoms. The van der Waals surface area contributed by atoms with Gasteiger partial charge in [0.05, 0.1) is 6.10 Å². The second-order valence-electron chi connectivity index (χ2n) is 2.45. The Labute approximate surface area is 72.2 Å². The summed E-state index contributed by atoms with van der Waals surface area (Å²) in [6.45, 7) is 4.04. The van der Waals surface area contributed by atoms with Crippen molar-refractivity contribution >= 4 is 18.6 Å². The van der Waals surface area contributed by atoms with E-state index in [0.717, 1.165) is 20.0 Å². The Kier molecular flexibility index (Phi) is 5.32. The third-order valence-electron chi connectivity index (χ3n) is 1.34. The molecule has 11 heavy (non-hydrogen) atoms. The molecule has 0 aromatic rings. The molecular formula is C7H14O3S. The lowest BCUT2D eigenvalue weighted by atomic mass is 10.3. The summed E-state index contributed by atoms with van der Waals surface area (Å²) < 4.78 is 5.19. The maximum atomic E-state index is 9.00. The first kappa shape index (κ1) is 10.8. The predicted octanol–water partition coefficient (Wildman–Crippen LogP) is 1.18. The summed E-state index contributed by atoms with van der Waals surface area (Å²) in [6.07, 6.45) is 1.49. The average molecular weight is 178 g/mol. The SMILES string of the molecule is CC(=O)O.C[C@@H]1OCC[C@@H]1S. The molecule has 0 unspecified atom stereocenters. The molecule has 1 aliphatic rings. The summed E-state index contributed by atoms with van der Waals surface area (Å²) in [4.78, 5) is 9.00. The average Bonchev–Trinajstić information content (AvgIpc) is 2.15. The quantitative estimate of drug-likeness (QED) is 0.548. The number of hydrogen-bond acceptors (Lipinski definition) is 3. The molecule has 1 N–H and O–H groups in total. The van der Waals surface area contributed by atoms with Crippen LogP contribution in [0.1, 0.15) is 20.3 Å². The molecule has 1 heterocycles. The zero-order valence-electron chi connectivity index (χ0n) is 6.78. The van der Waals surface area contributed by atoms with Crippen molar-refractivity contribution in [2.24, 2.45) is 0 Å². The Bertz CT molecular complexity index is 115. The van der Waals surface area contributed by atoms with Gasteiger partial charge in [0, 0.05) is 18.8 Å². The van der Waals surface area contributed by atoms with Crippen molar-refractivity contribution < 1.29 is 14.6 Å². The topological polar surface area (TPSA) is 46.5 Å². The Balaban J connectivity index is 0.000000218. The lowest BCUT2D eigenvalue weighted by Crippen LogP contribution is -2.09. The number of thiol groups is 1. The van der Waals surface area contributed by atoms with Crippen molar-refractivity contribution in [2.75, 3.05) is 6.61 Å². The number of hydrogen-bond donors (Lipinski definition) is 2. The number of aliphatic carboxylic acids is 1. The zero-order chi connectivity index (χ0) is 8.85. The molecule has 0 aromatic carbocycles. The van der Waals surface area contributed by atoms with E-state index in [9.17, 15) is 0 Å². The molecule has 0 amide bonds. The molecule has 0 aliphatic carbocycles. The smallest absolute Gasteiger partial charge is 0.300 e. The fraction of sp³-hybridized carbons (Fsp3) is 0.857. The summed E-state index contributed by atoms with van der Waals surface area (Å²) in [5, 5.41) is 7.90.